The van der Waals surface area contributed by atoms with Gasteiger partial charge in [-0.05, 0) is 12.5 Å². The molecule has 0 aliphatic heterocycles. The number of nitrogens with zero attached hydrogens (tertiary/aromatic N) is 1. The molecular formula is C12H13ClN2O3S2. The zero-order chi connectivity index (χ0) is 14.8. The maximum Gasteiger partial charge on any atom is 0.252 e. The lowest BCUT2D eigenvalue weighted by Gasteiger charge is -2.28. The molecule has 1 aromatic heterocycles. The molecule has 108 valence electrons. The summed E-state index contributed by atoms with van der Waals surface area (Å²) in [5.74, 6) is 0. The maximum atomic E-state index is 12.3. The Bertz CT molecular complexity index is 688. The Kier molecular flexibility index (Phi) is 4.46. The Labute approximate surface area is 126 Å². The summed E-state index contributed by atoms with van der Waals surface area (Å²) in [7, 11) is -3.80. The molecule has 20 heavy (non-hydrogen) atoms. The van der Waals surface area contributed by atoms with Gasteiger partial charge in [-0.3, -0.25) is 0 Å². The van der Waals surface area contributed by atoms with Crippen LogP contribution in [0.4, 0.5) is 0 Å². The van der Waals surface area contributed by atoms with Crippen molar-refractivity contribution < 1.29 is 13.5 Å². The van der Waals surface area contributed by atoms with Crippen LogP contribution in [0.25, 0.3) is 0 Å². The summed E-state index contributed by atoms with van der Waals surface area (Å²) in [4.78, 5) is 3.71. The van der Waals surface area contributed by atoms with Crippen LogP contribution in [0, 0.1) is 0 Å². The van der Waals surface area contributed by atoms with Gasteiger partial charge in [-0.15, -0.1) is 0 Å². The van der Waals surface area contributed by atoms with Crippen molar-refractivity contribution in [3.05, 3.63) is 46.6 Å². The van der Waals surface area contributed by atoms with E-state index in [1.165, 1.54) is 6.20 Å². The summed E-state index contributed by atoms with van der Waals surface area (Å²) in [5.41, 5.74) is -0.446. The molecule has 0 aliphatic carbocycles. The number of sulfonamides is 1. The van der Waals surface area contributed by atoms with E-state index in [2.05, 4.69) is 9.71 Å². The molecule has 2 N–H and O–H groups in total. The highest BCUT2D eigenvalue weighted by molar-refractivity contribution is 7.91. The lowest BCUT2D eigenvalue weighted by atomic mass is 9.94. The highest BCUT2D eigenvalue weighted by atomic mass is 35.5. The van der Waals surface area contributed by atoms with Crippen LogP contribution < -0.4 is 4.72 Å². The van der Waals surface area contributed by atoms with Crippen LogP contribution in [-0.2, 0) is 15.6 Å². The van der Waals surface area contributed by atoms with Crippen LogP contribution in [0.3, 0.4) is 0 Å². The van der Waals surface area contributed by atoms with E-state index in [0.717, 1.165) is 11.3 Å². The fraction of sp³-hybridized carbons (Fsp3) is 0.250. The molecule has 1 unspecified atom stereocenters. The van der Waals surface area contributed by atoms with E-state index in [1.54, 1.807) is 31.2 Å². The predicted molar refractivity (Wildman–Crippen MR) is 78.3 cm³/mol. The zero-order valence-electron chi connectivity index (χ0n) is 10.6. The number of hydrogen-bond donors (Lipinski definition) is 2. The number of hydrogen-bond acceptors (Lipinski definition) is 5. The van der Waals surface area contributed by atoms with Crippen molar-refractivity contribution in [2.75, 3.05) is 6.61 Å². The van der Waals surface area contributed by atoms with Gasteiger partial charge in [0, 0.05) is 0 Å². The second-order valence-corrected chi connectivity index (χ2v) is 7.92. The van der Waals surface area contributed by atoms with Crippen LogP contribution >= 0.6 is 22.9 Å². The summed E-state index contributed by atoms with van der Waals surface area (Å²) in [6, 6.07) is 8.87. The van der Waals surface area contributed by atoms with Gasteiger partial charge in [0.1, 0.15) is 0 Å². The van der Waals surface area contributed by atoms with E-state index in [0.29, 0.717) is 5.56 Å². The minimum absolute atomic E-state index is 0.0121. The molecule has 0 fully saturated rings. The molecule has 2 rings (SSSR count). The molecule has 0 saturated carbocycles. The van der Waals surface area contributed by atoms with Crippen LogP contribution in [-0.4, -0.2) is 25.1 Å². The highest BCUT2D eigenvalue weighted by Gasteiger charge is 2.32. The first-order valence-corrected chi connectivity index (χ1v) is 8.37. The third kappa shape index (κ3) is 3.18. The van der Waals surface area contributed by atoms with E-state index < -0.39 is 15.6 Å². The number of halogens is 1. The number of thiazole rings is 1. The van der Waals surface area contributed by atoms with Gasteiger partial charge >= 0.3 is 0 Å². The van der Waals surface area contributed by atoms with E-state index in [-0.39, 0.29) is 15.3 Å². The van der Waals surface area contributed by atoms with Crippen LogP contribution in [0.5, 0.6) is 0 Å². The Hall–Kier alpha value is -0.990. The van der Waals surface area contributed by atoms with Gasteiger partial charge in [0.05, 0.1) is 18.3 Å². The molecule has 2 aromatic rings. The molecule has 8 heteroatoms. The lowest BCUT2D eigenvalue weighted by molar-refractivity contribution is 0.196. The molecule has 0 radical (unpaired) electrons. The van der Waals surface area contributed by atoms with Gasteiger partial charge in [-0.2, -0.15) is 4.72 Å². The zero-order valence-corrected chi connectivity index (χ0v) is 13.0. The average molecular weight is 333 g/mol. The Morgan fingerprint density at radius 1 is 1.40 bits per heavy atom. The fourth-order valence-corrected chi connectivity index (χ4v) is 4.38. The molecule has 1 heterocycles. The number of aliphatic hydroxyl groups is 1. The molecule has 5 nitrogen and oxygen atoms in total. The standard InChI is InChI=1S/C12H13ClN2O3S2/c1-12(8-16,9-5-3-2-4-6-9)15-20(17,18)10-7-14-11(13)19-10/h2-7,15-16H,8H2,1H3. The third-order valence-electron chi connectivity index (χ3n) is 2.81. The van der Waals surface area contributed by atoms with Crippen molar-refractivity contribution in [2.24, 2.45) is 0 Å². The summed E-state index contributed by atoms with van der Waals surface area (Å²) in [6.45, 7) is 1.24. The molecule has 0 amide bonds. The first-order valence-electron chi connectivity index (χ1n) is 5.69. The normalized spacial score (nSPS) is 14.9. The number of aliphatic hydroxyl groups excluding tert-OH is 1. The Balaban J connectivity index is 2.35. The topological polar surface area (TPSA) is 79.3 Å². The monoisotopic (exact) mass is 332 g/mol. The van der Waals surface area contributed by atoms with Gasteiger partial charge in [0.25, 0.3) is 10.0 Å². The van der Waals surface area contributed by atoms with Gasteiger partial charge in [-0.1, -0.05) is 53.3 Å². The van der Waals surface area contributed by atoms with Gasteiger partial charge in [0.2, 0.25) is 0 Å². The summed E-state index contributed by atoms with van der Waals surface area (Å²) >= 11 is 6.52. The van der Waals surface area contributed by atoms with E-state index in [1.807, 2.05) is 6.07 Å². The number of aromatic nitrogens is 1. The number of rotatable bonds is 5. The van der Waals surface area contributed by atoms with Crippen molar-refractivity contribution in [3.8, 4) is 0 Å². The van der Waals surface area contributed by atoms with Crippen LogP contribution in [0.2, 0.25) is 4.47 Å². The predicted octanol–water partition coefficient (Wildman–Crippen LogP) is 1.98. The van der Waals surface area contributed by atoms with Crippen molar-refractivity contribution in [3.63, 3.8) is 0 Å². The van der Waals surface area contributed by atoms with Crippen molar-refractivity contribution in [2.45, 2.75) is 16.7 Å². The quantitative estimate of drug-likeness (QED) is 0.877. The first kappa shape index (κ1) is 15.4. The number of benzene rings is 1. The van der Waals surface area contributed by atoms with E-state index in [9.17, 15) is 13.5 Å². The summed E-state index contributed by atoms with van der Waals surface area (Å²) in [6.07, 6.45) is 1.19. The second-order valence-electron chi connectivity index (χ2n) is 4.39. The van der Waals surface area contributed by atoms with Gasteiger partial charge in [0.15, 0.2) is 8.68 Å². The average Bonchev–Trinajstić information content (AvgIpc) is 2.87. The SMILES string of the molecule is CC(CO)(NS(=O)(=O)c1cnc(Cl)s1)c1ccccc1. The smallest absolute Gasteiger partial charge is 0.252 e. The van der Waals surface area contributed by atoms with Crippen LogP contribution in [0.1, 0.15) is 12.5 Å². The minimum atomic E-state index is -3.80. The fourth-order valence-electron chi connectivity index (χ4n) is 1.70. The maximum absolute atomic E-state index is 12.3. The first-order chi connectivity index (χ1) is 9.37. The van der Waals surface area contributed by atoms with Crippen LogP contribution in [0.15, 0.2) is 40.7 Å². The molecule has 0 spiro atoms. The Morgan fingerprint density at radius 3 is 2.55 bits per heavy atom. The molecule has 1 aromatic carbocycles. The molecule has 1 atom stereocenters. The third-order valence-corrected chi connectivity index (χ3v) is 5.98. The lowest BCUT2D eigenvalue weighted by Crippen LogP contribution is -2.46. The van der Waals surface area contributed by atoms with Crippen molar-refractivity contribution in [1.29, 1.82) is 0 Å². The number of nitrogens with one attached hydrogen (secondary N) is 1. The largest absolute Gasteiger partial charge is 0.394 e. The molecule has 0 bridgehead atoms. The van der Waals surface area contributed by atoms with E-state index >= 15 is 0 Å². The van der Waals surface area contributed by atoms with E-state index in [4.69, 9.17) is 11.6 Å². The highest BCUT2D eigenvalue weighted by Crippen LogP contribution is 2.27. The molecule has 0 saturated heterocycles. The second kappa shape index (κ2) is 5.79. The van der Waals surface area contributed by atoms with Gasteiger partial charge in [-0.25, -0.2) is 13.4 Å². The van der Waals surface area contributed by atoms with Crippen molar-refractivity contribution >= 4 is 33.0 Å². The molecular weight excluding hydrogens is 320 g/mol. The van der Waals surface area contributed by atoms with Gasteiger partial charge < -0.3 is 5.11 Å². The Morgan fingerprint density at radius 2 is 2.05 bits per heavy atom. The summed E-state index contributed by atoms with van der Waals surface area (Å²) in [5, 5.41) is 9.59. The van der Waals surface area contributed by atoms with Crippen molar-refractivity contribution in [1.82, 2.24) is 9.71 Å². The molecule has 0 aliphatic rings. The summed E-state index contributed by atoms with van der Waals surface area (Å²) < 4.78 is 27.2. The minimum Gasteiger partial charge on any atom is -0.394 e.